The highest BCUT2D eigenvalue weighted by atomic mass is 16.5. The first kappa shape index (κ1) is 15.5. The van der Waals surface area contributed by atoms with Crippen LogP contribution in [0, 0.1) is 0 Å². The molecule has 0 spiro atoms. The summed E-state index contributed by atoms with van der Waals surface area (Å²) in [4.78, 5) is 27.0. The second-order valence-electron chi connectivity index (χ2n) is 5.16. The van der Waals surface area contributed by atoms with Crippen LogP contribution in [0.5, 0.6) is 0 Å². The number of piperazine rings is 1. The Bertz CT molecular complexity index is 493. The van der Waals surface area contributed by atoms with Crippen molar-refractivity contribution in [2.45, 2.75) is 6.61 Å². The number of amides is 2. The molecule has 0 aliphatic carbocycles. The Morgan fingerprint density at radius 3 is 2.29 bits per heavy atom. The molecule has 2 N–H and O–H groups in total. The minimum absolute atomic E-state index is 0.0256. The summed E-state index contributed by atoms with van der Waals surface area (Å²) >= 11 is 0. The number of rotatable bonds is 5. The zero-order chi connectivity index (χ0) is 15.2. The van der Waals surface area contributed by atoms with Crippen LogP contribution in [-0.4, -0.2) is 61.4 Å². The Labute approximate surface area is 124 Å². The molecule has 114 valence electrons. The lowest BCUT2D eigenvalue weighted by atomic mass is 10.1. The first-order chi connectivity index (χ1) is 10.1. The number of nitrogens with zero attached hydrogens (tertiary/aromatic N) is 2. The van der Waals surface area contributed by atoms with Crippen LogP contribution in [0.25, 0.3) is 0 Å². The van der Waals surface area contributed by atoms with E-state index in [1.165, 1.54) is 0 Å². The van der Waals surface area contributed by atoms with Crippen molar-refractivity contribution >= 4 is 11.8 Å². The Balaban J connectivity index is 1.90. The third-order valence-electron chi connectivity index (χ3n) is 3.55. The highest BCUT2D eigenvalue weighted by Crippen LogP contribution is 2.11. The summed E-state index contributed by atoms with van der Waals surface area (Å²) in [5, 5.41) is 0. The lowest BCUT2D eigenvalue weighted by molar-refractivity contribution is -0.119. The molecule has 21 heavy (non-hydrogen) atoms. The molecule has 1 saturated heterocycles. The van der Waals surface area contributed by atoms with E-state index in [4.69, 9.17) is 10.5 Å². The predicted octanol–water partition coefficient (Wildman–Crippen LogP) is 0.0761. The van der Waals surface area contributed by atoms with Gasteiger partial charge in [0.2, 0.25) is 5.91 Å². The van der Waals surface area contributed by atoms with Gasteiger partial charge in [-0.05, 0) is 17.7 Å². The normalized spacial score (nSPS) is 16.0. The van der Waals surface area contributed by atoms with E-state index >= 15 is 0 Å². The van der Waals surface area contributed by atoms with Gasteiger partial charge in [-0.15, -0.1) is 0 Å². The minimum atomic E-state index is -0.330. The quantitative estimate of drug-likeness (QED) is 0.833. The molecule has 0 bridgehead atoms. The summed E-state index contributed by atoms with van der Waals surface area (Å²) < 4.78 is 5.05. The van der Waals surface area contributed by atoms with Gasteiger partial charge < -0.3 is 15.4 Å². The standard InChI is InChI=1S/C15H21N3O3/c1-21-11-12-2-4-13(5-3-12)15(20)18-8-6-17(7-9-18)10-14(16)19/h2-5H,6-11H2,1H3,(H2,16,19). The van der Waals surface area contributed by atoms with Crippen LogP contribution < -0.4 is 5.73 Å². The Morgan fingerprint density at radius 2 is 1.76 bits per heavy atom. The molecule has 1 aromatic rings. The molecule has 1 aliphatic heterocycles. The number of hydrogen-bond donors (Lipinski definition) is 1. The lowest BCUT2D eigenvalue weighted by Gasteiger charge is -2.34. The van der Waals surface area contributed by atoms with Crippen LogP contribution >= 0.6 is 0 Å². The number of carbonyl (C=O) groups excluding carboxylic acids is 2. The maximum absolute atomic E-state index is 12.4. The molecule has 6 nitrogen and oxygen atoms in total. The van der Waals surface area contributed by atoms with Crippen LogP contribution in [0.2, 0.25) is 0 Å². The zero-order valence-electron chi connectivity index (χ0n) is 12.2. The molecule has 6 heteroatoms. The largest absolute Gasteiger partial charge is 0.380 e. The fourth-order valence-electron chi connectivity index (χ4n) is 2.42. The van der Waals surface area contributed by atoms with Crippen molar-refractivity contribution in [1.29, 1.82) is 0 Å². The molecule has 1 aromatic carbocycles. The van der Waals surface area contributed by atoms with Gasteiger partial charge in [-0.2, -0.15) is 0 Å². The molecular formula is C15H21N3O3. The van der Waals surface area contributed by atoms with Gasteiger partial charge >= 0.3 is 0 Å². The van der Waals surface area contributed by atoms with Crippen LogP contribution in [0.3, 0.4) is 0 Å². The van der Waals surface area contributed by atoms with E-state index in [0.29, 0.717) is 38.3 Å². The van der Waals surface area contributed by atoms with Gasteiger partial charge in [0.05, 0.1) is 13.2 Å². The van der Waals surface area contributed by atoms with E-state index in [1.54, 1.807) is 7.11 Å². The highest BCUT2D eigenvalue weighted by molar-refractivity contribution is 5.94. The summed E-state index contributed by atoms with van der Waals surface area (Å²) in [5.41, 5.74) is 6.90. The number of primary amides is 1. The summed E-state index contributed by atoms with van der Waals surface area (Å²) in [7, 11) is 1.64. The van der Waals surface area contributed by atoms with Crippen LogP contribution in [0.15, 0.2) is 24.3 Å². The average Bonchev–Trinajstić information content (AvgIpc) is 2.48. The van der Waals surface area contributed by atoms with Gasteiger partial charge in [-0.25, -0.2) is 0 Å². The first-order valence-corrected chi connectivity index (χ1v) is 6.98. The number of benzene rings is 1. The van der Waals surface area contributed by atoms with E-state index in [1.807, 2.05) is 34.1 Å². The molecule has 0 saturated carbocycles. The van der Waals surface area contributed by atoms with Gasteiger partial charge in [0.25, 0.3) is 5.91 Å². The number of hydrogen-bond acceptors (Lipinski definition) is 4. The molecule has 2 rings (SSSR count). The summed E-state index contributed by atoms with van der Waals surface area (Å²) in [6.07, 6.45) is 0. The maximum Gasteiger partial charge on any atom is 0.253 e. The molecule has 1 aliphatic rings. The lowest BCUT2D eigenvalue weighted by Crippen LogP contribution is -2.50. The van der Waals surface area contributed by atoms with Crippen molar-refractivity contribution < 1.29 is 14.3 Å². The number of ether oxygens (including phenoxy) is 1. The Hall–Kier alpha value is -1.92. The minimum Gasteiger partial charge on any atom is -0.380 e. The summed E-state index contributed by atoms with van der Waals surface area (Å²) in [5.74, 6) is -0.304. The van der Waals surface area contributed by atoms with Crippen molar-refractivity contribution in [1.82, 2.24) is 9.80 Å². The van der Waals surface area contributed by atoms with Gasteiger partial charge in [0.15, 0.2) is 0 Å². The molecule has 1 fully saturated rings. The molecule has 0 atom stereocenters. The average molecular weight is 291 g/mol. The molecule has 1 heterocycles. The van der Waals surface area contributed by atoms with E-state index in [2.05, 4.69) is 0 Å². The van der Waals surface area contributed by atoms with E-state index in [-0.39, 0.29) is 18.4 Å². The van der Waals surface area contributed by atoms with Gasteiger partial charge in [-0.3, -0.25) is 14.5 Å². The van der Waals surface area contributed by atoms with Gasteiger partial charge in [-0.1, -0.05) is 12.1 Å². The second kappa shape index (κ2) is 7.19. The van der Waals surface area contributed by atoms with Crippen LogP contribution in [0.1, 0.15) is 15.9 Å². The van der Waals surface area contributed by atoms with Crippen molar-refractivity contribution in [2.24, 2.45) is 5.73 Å². The van der Waals surface area contributed by atoms with E-state index < -0.39 is 0 Å². The second-order valence-corrected chi connectivity index (χ2v) is 5.16. The van der Waals surface area contributed by atoms with Crippen molar-refractivity contribution in [2.75, 3.05) is 39.8 Å². The SMILES string of the molecule is COCc1ccc(C(=O)N2CCN(CC(N)=O)CC2)cc1. The van der Waals surface area contributed by atoms with Crippen LogP contribution in [-0.2, 0) is 16.1 Å². The Kier molecular flexibility index (Phi) is 5.30. The Morgan fingerprint density at radius 1 is 1.14 bits per heavy atom. The van der Waals surface area contributed by atoms with E-state index in [0.717, 1.165) is 5.56 Å². The predicted molar refractivity (Wildman–Crippen MR) is 78.7 cm³/mol. The first-order valence-electron chi connectivity index (χ1n) is 6.98. The fourth-order valence-corrected chi connectivity index (χ4v) is 2.42. The molecule has 0 unspecified atom stereocenters. The number of carbonyl (C=O) groups is 2. The fraction of sp³-hybridized carbons (Fsp3) is 0.467. The number of methoxy groups -OCH3 is 1. The van der Waals surface area contributed by atoms with Crippen molar-refractivity contribution in [3.8, 4) is 0 Å². The van der Waals surface area contributed by atoms with Crippen molar-refractivity contribution in [3.05, 3.63) is 35.4 Å². The molecular weight excluding hydrogens is 270 g/mol. The van der Waals surface area contributed by atoms with Crippen LogP contribution in [0.4, 0.5) is 0 Å². The molecule has 0 radical (unpaired) electrons. The third kappa shape index (κ3) is 4.27. The number of nitrogens with two attached hydrogens (primary N) is 1. The zero-order valence-corrected chi connectivity index (χ0v) is 12.2. The van der Waals surface area contributed by atoms with Gasteiger partial charge in [0, 0.05) is 38.9 Å². The highest BCUT2D eigenvalue weighted by Gasteiger charge is 2.22. The topological polar surface area (TPSA) is 75.9 Å². The van der Waals surface area contributed by atoms with Crippen molar-refractivity contribution in [3.63, 3.8) is 0 Å². The monoisotopic (exact) mass is 291 g/mol. The smallest absolute Gasteiger partial charge is 0.253 e. The molecule has 2 amide bonds. The maximum atomic E-state index is 12.4. The molecule has 0 aromatic heterocycles. The third-order valence-corrected chi connectivity index (χ3v) is 3.55. The van der Waals surface area contributed by atoms with E-state index in [9.17, 15) is 9.59 Å². The summed E-state index contributed by atoms with van der Waals surface area (Å²) in [6, 6.07) is 7.46. The van der Waals surface area contributed by atoms with Gasteiger partial charge in [0.1, 0.15) is 0 Å². The summed E-state index contributed by atoms with van der Waals surface area (Å²) in [6.45, 7) is 3.39.